The summed E-state index contributed by atoms with van der Waals surface area (Å²) in [6.45, 7) is 1.90. The van der Waals surface area contributed by atoms with Crippen molar-refractivity contribution >= 4 is 6.03 Å². The van der Waals surface area contributed by atoms with Gasteiger partial charge in [-0.3, -0.25) is 0 Å². The molecule has 0 heterocycles. The molecule has 1 aromatic rings. The van der Waals surface area contributed by atoms with E-state index in [1.807, 2.05) is 6.92 Å². The summed E-state index contributed by atoms with van der Waals surface area (Å²) in [5.41, 5.74) is 0.903. The van der Waals surface area contributed by atoms with Crippen molar-refractivity contribution in [3.05, 3.63) is 35.6 Å². The summed E-state index contributed by atoms with van der Waals surface area (Å²) in [5.74, 6) is -0.261. The van der Waals surface area contributed by atoms with Gasteiger partial charge in [0, 0.05) is 6.04 Å². The minimum Gasteiger partial charge on any atom is -0.335 e. The molecular weight excluding hydrogens is 243 g/mol. The first-order valence-electron chi connectivity index (χ1n) is 6.97. The van der Waals surface area contributed by atoms with Crippen LogP contribution in [0, 0.1) is 5.82 Å². The van der Waals surface area contributed by atoms with Gasteiger partial charge in [0.1, 0.15) is 5.82 Å². The zero-order valence-corrected chi connectivity index (χ0v) is 11.3. The first-order chi connectivity index (χ1) is 9.15. The van der Waals surface area contributed by atoms with E-state index in [1.165, 1.54) is 31.4 Å². The zero-order valence-electron chi connectivity index (χ0n) is 11.3. The number of hydrogen-bond donors (Lipinski definition) is 2. The summed E-state index contributed by atoms with van der Waals surface area (Å²) in [5, 5.41) is 5.90. The van der Waals surface area contributed by atoms with Crippen LogP contribution in [-0.4, -0.2) is 12.1 Å². The van der Waals surface area contributed by atoms with Gasteiger partial charge in [-0.1, -0.05) is 31.4 Å². The van der Waals surface area contributed by atoms with Gasteiger partial charge in [0.2, 0.25) is 0 Å². The number of urea groups is 1. The third-order valence-electron chi connectivity index (χ3n) is 3.66. The first kappa shape index (κ1) is 13.8. The predicted molar refractivity (Wildman–Crippen MR) is 73.4 cm³/mol. The minimum atomic E-state index is -0.261. The van der Waals surface area contributed by atoms with E-state index in [0.717, 1.165) is 18.4 Å². The maximum atomic E-state index is 12.8. The Morgan fingerprint density at radius 3 is 2.47 bits per heavy atom. The van der Waals surface area contributed by atoms with Crippen LogP contribution in [0.5, 0.6) is 0 Å². The van der Waals surface area contributed by atoms with E-state index in [9.17, 15) is 9.18 Å². The standard InChI is InChI=1S/C15H21FN2O/c1-11(12-7-9-13(16)10-8-12)17-15(19)18-14-5-3-2-4-6-14/h7-11,14H,2-6H2,1H3,(H2,17,18,19)/t11-/m1/s1. The number of hydrogen-bond acceptors (Lipinski definition) is 1. The van der Waals surface area contributed by atoms with Crippen LogP contribution in [-0.2, 0) is 0 Å². The van der Waals surface area contributed by atoms with Crippen LogP contribution < -0.4 is 10.6 Å². The molecule has 1 saturated carbocycles. The van der Waals surface area contributed by atoms with Crippen molar-refractivity contribution < 1.29 is 9.18 Å². The van der Waals surface area contributed by atoms with E-state index in [-0.39, 0.29) is 17.9 Å². The van der Waals surface area contributed by atoms with E-state index in [1.54, 1.807) is 12.1 Å². The Hall–Kier alpha value is -1.58. The molecule has 0 aromatic heterocycles. The number of carbonyl (C=O) groups excluding carboxylic acids is 1. The fourth-order valence-corrected chi connectivity index (χ4v) is 2.51. The number of halogens is 1. The topological polar surface area (TPSA) is 41.1 Å². The summed E-state index contributed by atoms with van der Waals surface area (Å²) < 4.78 is 12.8. The highest BCUT2D eigenvalue weighted by molar-refractivity contribution is 5.74. The normalized spacial score (nSPS) is 17.8. The van der Waals surface area contributed by atoms with Gasteiger partial charge in [-0.15, -0.1) is 0 Å². The van der Waals surface area contributed by atoms with Gasteiger partial charge in [-0.25, -0.2) is 9.18 Å². The molecule has 0 radical (unpaired) electrons. The number of carbonyl (C=O) groups is 1. The molecule has 104 valence electrons. The van der Waals surface area contributed by atoms with Gasteiger partial charge in [-0.2, -0.15) is 0 Å². The van der Waals surface area contributed by atoms with Crippen LogP contribution >= 0.6 is 0 Å². The lowest BCUT2D eigenvalue weighted by molar-refractivity contribution is 0.229. The molecule has 1 fully saturated rings. The second kappa shape index (κ2) is 6.55. The lowest BCUT2D eigenvalue weighted by Gasteiger charge is -2.24. The summed E-state index contributed by atoms with van der Waals surface area (Å²) in [4.78, 5) is 11.9. The molecule has 3 nitrogen and oxygen atoms in total. The van der Waals surface area contributed by atoms with Crippen LogP contribution in [0.25, 0.3) is 0 Å². The predicted octanol–water partition coefficient (Wildman–Crippen LogP) is 3.52. The SMILES string of the molecule is C[C@@H](NC(=O)NC1CCCCC1)c1ccc(F)cc1. The molecule has 1 aliphatic carbocycles. The molecule has 0 bridgehead atoms. The van der Waals surface area contributed by atoms with Crippen LogP contribution in [0.2, 0.25) is 0 Å². The largest absolute Gasteiger partial charge is 0.335 e. The van der Waals surface area contributed by atoms with E-state index in [0.29, 0.717) is 6.04 Å². The minimum absolute atomic E-state index is 0.121. The molecular formula is C15H21FN2O. The summed E-state index contributed by atoms with van der Waals surface area (Å²) in [7, 11) is 0. The molecule has 1 aromatic carbocycles. The monoisotopic (exact) mass is 264 g/mol. The number of amides is 2. The molecule has 0 saturated heterocycles. The fraction of sp³-hybridized carbons (Fsp3) is 0.533. The van der Waals surface area contributed by atoms with Crippen molar-refractivity contribution in [2.24, 2.45) is 0 Å². The van der Waals surface area contributed by atoms with Gasteiger partial charge in [-0.05, 0) is 37.5 Å². The molecule has 0 spiro atoms. The van der Waals surface area contributed by atoms with E-state index < -0.39 is 0 Å². The second-order valence-corrected chi connectivity index (χ2v) is 5.23. The van der Waals surface area contributed by atoms with Gasteiger partial charge < -0.3 is 10.6 Å². The maximum absolute atomic E-state index is 12.8. The smallest absolute Gasteiger partial charge is 0.315 e. The molecule has 1 atom stereocenters. The average Bonchev–Trinajstić information content (AvgIpc) is 2.40. The Morgan fingerprint density at radius 2 is 1.84 bits per heavy atom. The van der Waals surface area contributed by atoms with Crippen LogP contribution in [0.4, 0.5) is 9.18 Å². The van der Waals surface area contributed by atoms with Gasteiger partial charge in [0.25, 0.3) is 0 Å². The van der Waals surface area contributed by atoms with Crippen LogP contribution in [0.3, 0.4) is 0 Å². The summed E-state index contributed by atoms with van der Waals surface area (Å²) in [6, 6.07) is 6.25. The van der Waals surface area contributed by atoms with Gasteiger partial charge in [0.05, 0.1) is 6.04 Å². The van der Waals surface area contributed by atoms with Crippen molar-refractivity contribution in [3.63, 3.8) is 0 Å². The van der Waals surface area contributed by atoms with Crippen molar-refractivity contribution in [1.82, 2.24) is 10.6 Å². The fourth-order valence-electron chi connectivity index (χ4n) is 2.51. The molecule has 0 unspecified atom stereocenters. The van der Waals surface area contributed by atoms with E-state index >= 15 is 0 Å². The Kier molecular flexibility index (Phi) is 4.77. The lowest BCUT2D eigenvalue weighted by atomic mass is 9.96. The second-order valence-electron chi connectivity index (χ2n) is 5.23. The Morgan fingerprint density at radius 1 is 1.21 bits per heavy atom. The van der Waals surface area contributed by atoms with Crippen LogP contribution in [0.15, 0.2) is 24.3 Å². The Labute approximate surface area is 113 Å². The number of benzene rings is 1. The maximum Gasteiger partial charge on any atom is 0.315 e. The van der Waals surface area contributed by atoms with Gasteiger partial charge in [0.15, 0.2) is 0 Å². The molecule has 0 aliphatic heterocycles. The summed E-state index contributed by atoms with van der Waals surface area (Å²) >= 11 is 0. The molecule has 19 heavy (non-hydrogen) atoms. The highest BCUT2D eigenvalue weighted by Crippen LogP contribution is 2.17. The molecule has 4 heteroatoms. The van der Waals surface area contributed by atoms with Crippen molar-refractivity contribution in [1.29, 1.82) is 0 Å². The molecule has 2 amide bonds. The highest BCUT2D eigenvalue weighted by atomic mass is 19.1. The Balaban J connectivity index is 1.82. The highest BCUT2D eigenvalue weighted by Gasteiger charge is 2.16. The van der Waals surface area contributed by atoms with Crippen molar-refractivity contribution in [2.75, 3.05) is 0 Å². The van der Waals surface area contributed by atoms with E-state index in [4.69, 9.17) is 0 Å². The third-order valence-corrected chi connectivity index (χ3v) is 3.66. The first-order valence-corrected chi connectivity index (χ1v) is 6.97. The van der Waals surface area contributed by atoms with E-state index in [2.05, 4.69) is 10.6 Å². The molecule has 1 aliphatic rings. The van der Waals surface area contributed by atoms with Crippen molar-refractivity contribution in [2.45, 2.75) is 51.1 Å². The molecule has 2 N–H and O–H groups in total. The van der Waals surface area contributed by atoms with Crippen LogP contribution in [0.1, 0.15) is 50.6 Å². The number of nitrogens with one attached hydrogen (secondary N) is 2. The zero-order chi connectivity index (χ0) is 13.7. The van der Waals surface area contributed by atoms with Crippen molar-refractivity contribution in [3.8, 4) is 0 Å². The Bertz CT molecular complexity index is 413. The van der Waals surface area contributed by atoms with Gasteiger partial charge >= 0.3 is 6.03 Å². The number of rotatable bonds is 3. The summed E-state index contributed by atoms with van der Waals surface area (Å²) in [6.07, 6.45) is 5.79. The third kappa shape index (κ3) is 4.23. The average molecular weight is 264 g/mol. The molecule has 2 rings (SSSR count). The quantitative estimate of drug-likeness (QED) is 0.861. The lowest BCUT2D eigenvalue weighted by Crippen LogP contribution is -2.43.